The molecule has 0 bridgehead atoms. The molecule has 0 aromatic carbocycles. The van der Waals surface area contributed by atoms with Crippen LogP contribution in [0.1, 0.15) is 74.1 Å². The van der Waals surface area contributed by atoms with E-state index in [1.807, 2.05) is 14.1 Å². The lowest BCUT2D eigenvalue weighted by Gasteiger charge is -2.25. The molecule has 0 radical (unpaired) electrons. The Morgan fingerprint density at radius 2 is 2.15 bits per heavy atom. The van der Waals surface area contributed by atoms with Gasteiger partial charge in [0.15, 0.2) is 5.69 Å². The third-order valence-corrected chi connectivity index (χ3v) is 5.76. The number of nitrogens with zero attached hydrogens (tertiary/aromatic N) is 3. The number of nitrogens with one attached hydrogen (secondary N) is 1. The first-order chi connectivity index (χ1) is 13.0. The number of carbonyl (C=O) groups excluding carboxylic acids is 1. The molecule has 0 fully saturated rings. The van der Waals surface area contributed by atoms with E-state index in [0.29, 0.717) is 17.7 Å². The predicted molar refractivity (Wildman–Crippen MR) is 110 cm³/mol. The van der Waals surface area contributed by atoms with Gasteiger partial charge in [0.2, 0.25) is 0 Å². The van der Waals surface area contributed by atoms with Crippen LogP contribution in [0.3, 0.4) is 0 Å². The van der Waals surface area contributed by atoms with Crippen LogP contribution >= 0.6 is 0 Å². The van der Waals surface area contributed by atoms with Crippen molar-refractivity contribution < 1.29 is 4.79 Å². The van der Waals surface area contributed by atoms with Gasteiger partial charge in [-0.1, -0.05) is 25.5 Å². The molecular formula is C22H36N4O. The molecule has 1 atom stereocenters. The number of rotatable bonds is 7. The minimum absolute atomic E-state index is 0.0294. The average molecular weight is 373 g/mol. The summed E-state index contributed by atoms with van der Waals surface area (Å²) in [4.78, 5) is 14.3. The second kappa shape index (κ2) is 9.05. The zero-order chi connectivity index (χ0) is 19.4. The molecule has 0 saturated heterocycles. The van der Waals surface area contributed by atoms with Gasteiger partial charge in [-0.2, -0.15) is 5.10 Å². The quantitative estimate of drug-likeness (QED) is 0.744. The molecule has 3 rings (SSSR count). The van der Waals surface area contributed by atoms with Gasteiger partial charge < -0.3 is 10.2 Å². The van der Waals surface area contributed by atoms with Crippen LogP contribution in [0.4, 0.5) is 0 Å². The van der Waals surface area contributed by atoms with Crippen molar-refractivity contribution >= 4 is 5.91 Å². The summed E-state index contributed by atoms with van der Waals surface area (Å²) in [6.45, 7) is 6.33. The zero-order valence-electron chi connectivity index (χ0n) is 17.6. The molecule has 2 aliphatic carbocycles. The molecule has 0 spiro atoms. The molecule has 1 aromatic rings. The van der Waals surface area contributed by atoms with Gasteiger partial charge in [-0.25, -0.2) is 0 Å². The first-order valence-corrected chi connectivity index (χ1v) is 10.7. The van der Waals surface area contributed by atoms with Crippen molar-refractivity contribution in [3.05, 3.63) is 28.6 Å². The second-order valence-corrected chi connectivity index (χ2v) is 8.80. The van der Waals surface area contributed by atoms with Crippen LogP contribution in [0.15, 0.2) is 11.6 Å². The summed E-state index contributed by atoms with van der Waals surface area (Å²) in [6.07, 6.45) is 11.9. The molecule has 150 valence electrons. The van der Waals surface area contributed by atoms with Crippen molar-refractivity contribution in [1.29, 1.82) is 0 Å². The molecule has 1 heterocycles. The number of carbonyl (C=O) groups is 1. The number of fused-ring (bicyclic) bond motifs is 1. The van der Waals surface area contributed by atoms with Crippen LogP contribution in [-0.2, 0) is 19.4 Å². The smallest absolute Gasteiger partial charge is 0.274 e. The predicted octanol–water partition coefficient (Wildman–Crippen LogP) is 3.58. The number of hydrogen-bond acceptors (Lipinski definition) is 3. The summed E-state index contributed by atoms with van der Waals surface area (Å²) in [5, 5.41) is 8.48. The number of amides is 1. The second-order valence-electron chi connectivity index (χ2n) is 8.80. The monoisotopic (exact) mass is 372 g/mol. The maximum absolute atomic E-state index is 12.7. The van der Waals surface area contributed by atoms with Crippen LogP contribution in [0.5, 0.6) is 0 Å². The van der Waals surface area contributed by atoms with E-state index in [1.54, 1.807) is 10.5 Å². The highest BCUT2D eigenvalue weighted by Crippen LogP contribution is 2.27. The summed E-state index contributed by atoms with van der Waals surface area (Å²) in [6, 6.07) is 0.451. The molecule has 5 heteroatoms. The number of hydrogen-bond donors (Lipinski definition) is 1. The van der Waals surface area contributed by atoms with Crippen LogP contribution in [0.25, 0.3) is 0 Å². The van der Waals surface area contributed by atoms with E-state index in [0.717, 1.165) is 32.4 Å². The standard InChI is InChI=1S/C22H36N4O/c1-16(2)15-26-20-11-10-18(23-13-12-17-8-6-5-7-9-17)14-19(20)21(24-26)22(27)25(3)4/h8,16,18,23H,5-7,9-15H2,1-4H3. The molecule has 5 nitrogen and oxygen atoms in total. The highest BCUT2D eigenvalue weighted by atomic mass is 16.2. The van der Waals surface area contributed by atoms with E-state index in [2.05, 4.69) is 29.9 Å². The lowest BCUT2D eigenvalue weighted by molar-refractivity contribution is 0.0819. The Hall–Kier alpha value is -1.62. The lowest BCUT2D eigenvalue weighted by Crippen LogP contribution is -2.36. The van der Waals surface area contributed by atoms with E-state index in [4.69, 9.17) is 5.10 Å². The average Bonchev–Trinajstić information content (AvgIpc) is 2.99. The SMILES string of the molecule is CC(C)Cn1nc(C(=O)N(C)C)c2c1CCC(NCCC1=CCCCC1)C2. The summed E-state index contributed by atoms with van der Waals surface area (Å²) in [5.74, 6) is 0.553. The first kappa shape index (κ1) is 20.1. The van der Waals surface area contributed by atoms with Gasteiger partial charge >= 0.3 is 0 Å². The summed E-state index contributed by atoms with van der Waals surface area (Å²) < 4.78 is 2.10. The van der Waals surface area contributed by atoms with Crippen LogP contribution in [0, 0.1) is 5.92 Å². The maximum atomic E-state index is 12.7. The van der Waals surface area contributed by atoms with Crippen LogP contribution in [0.2, 0.25) is 0 Å². The van der Waals surface area contributed by atoms with E-state index < -0.39 is 0 Å². The Morgan fingerprint density at radius 1 is 1.33 bits per heavy atom. The van der Waals surface area contributed by atoms with E-state index in [-0.39, 0.29) is 5.91 Å². The summed E-state index contributed by atoms with van der Waals surface area (Å²) in [7, 11) is 3.62. The molecular weight excluding hydrogens is 336 g/mol. The fourth-order valence-electron chi connectivity index (χ4n) is 4.31. The largest absolute Gasteiger partial charge is 0.343 e. The van der Waals surface area contributed by atoms with Crippen molar-refractivity contribution in [2.75, 3.05) is 20.6 Å². The third-order valence-electron chi connectivity index (χ3n) is 5.76. The van der Waals surface area contributed by atoms with E-state index >= 15 is 0 Å². The van der Waals surface area contributed by atoms with Crippen molar-refractivity contribution in [2.45, 2.75) is 77.8 Å². The number of aromatic nitrogens is 2. The molecule has 2 aliphatic rings. The Balaban J connectivity index is 1.68. The molecule has 1 aromatic heterocycles. The van der Waals surface area contributed by atoms with Crippen LogP contribution < -0.4 is 5.32 Å². The first-order valence-electron chi connectivity index (χ1n) is 10.7. The van der Waals surface area contributed by atoms with Gasteiger partial charge in [-0.05, 0) is 63.8 Å². The van der Waals surface area contributed by atoms with Gasteiger partial charge in [0, 0.05) is 37.9 Å². The molecule has 27 heavy (non-hydrogen) atoms. The van der Waals surface area contributed by atoms with Gasteiger partial charge in [-0.15, -0.1) is 0 Å². The van der Waals surface area contributed by atoms with Crippen molar-refractivity contribution in [3.63, 3.8) is 0 Å². The Labute approximate surface area is 164 Å². The van der Waals surface area contributed by atoms with Gasteiger partial charge in [-0.3, -0.25) is 9.48 Å². The Bertz CT molecular complexity index is 687. The highest BCUT2D eigenvalue weighted by molar-refractivity contribution is 5.93. The maximum Gasteiger partial charge on any atom is 0.274 e. The Kier molecular flexibility index (Phi) is 6.74. The minimum atomic E-state index is 0.0294. The lowest BCUT2D eigenvalue weighted by atomic mass is 9.90. The van der Waals surface area contributed by atoms with Crippen LogP contribution in [-0.4, -0.2) is 47.3 Å². The zero-order valence-corrected chi connectivity index (χ0v) is 17.6. The van der Waals surface area contributed by atoms with E-state index in [9.17, 15) is 4.79 Å². The molecule has 1 N–H and O–H groups in total. The number of allylic oxidation sites excluding steroid dienone is 1. The highest BCUT2D eigenvalue weighted by Gasteiger charge is 2.29. The van der Waals surface area contributed by atoms with Gasteiger partial charge in [0.05, 0.1) is 0 Å². The molecule has 1 amide bonds. The normalized spacial score (nSPS) is 19.7. The third kappa shape index (κ3) is 5.01. The minimum Gasteiger partial charge on any atom is -0.343 e. The van der Waals surface area contributed by atoms with Crippen molar-refractivity contribution in [3.8, 4) is 0 Å². The van der Waals surface area contributed by atoms with Crippen molar-refractivity contribution in [1.82, 2.24) is 20.0 Å². The fourth-order valence-corrected chi connectivity index (χ4v) is 4.31. The molecule has 0 saturated carbocycles. The summed E-state index contributed by atoms with van der Waals surface area (Å²) >= 11 is 0. The summed E-state index contributed by atoms with van der Waals surface area (Å²) in [5.41, 5.74) is 4.74. The Morgan fingerprint density at radius 3 is 2.81 bits per heavy atom. The van der Waals surface area contributed by atoms with Crippen molar-refractivity contribution in [2.24, 2.45) is 5.92 Å². The van der Waals surface area contributed by atoms with Gasteiger partial charge in [0.1, 0.15) is 0 Å². The molecule has 1 unspecified atom stereocenters. The fraction of sp³-hybridized carbons (Fsp3) is 0.727. The topological polar surface area (TPSA) is 50.2 Å². The van der Waals surface area contributed by atoms with Gasteiger partial charge in [0.25, 0.3) is 5.91 Å². The molecule has 0 aliphatic heterocycles. The van der Waals surface area contributed by atoms with E-state index in [1.165, 1.54) is 43.4 Å².